The maximum atomic E-state index is 12.3. The van der Waals surface area contributed by atoms with Gasteiger partial charge in [0.1, 0.15) is 5.75 Å². The molecule has 140 valence electrons. The summed E-state index contributed by atoms with van der Waals surface area (Å²) in [6.07, 6.45) is -0.329. The van der Waals surface area contributed by atoms with Crippen LogP contribution in [0.15, 0.2) is 42.5 Å². The molecule has 0 aliphatic rings. The highest BCUT2D eigenvalue weighted by Gasteiger charge is 2.24. The number of carbonyl (C=O) groups excluding carboxylic acids is 1. The van der Waals surface area contributed by atoms with Crippen LogP contribution in [-0.4, -0.2) is 36.9 Å². The number of hydrogen-bond acceptors (Lipinski definition) is 4. The summed E-state index contributed by atoms with van der Waals surface area (Å²) in [6, 6.07) is 12.1. The molecule has 1 atom stereocenters. The first-order valence-corrected chi connectivity index (χ1v) is 10.2. The zero-order valence-corrected chi connectivity index (χ0v) is 15.6. The third-order valence-electron chi connectivity index (χ3n) is 3.85. The third-order valence-corrected chi connectivity index (χ3v) is 5.73. The molecule has 2 N–H and O–H groups in total. The Labute approximate surface area is 153 Å². The summed E-state index contributed by atoms with van der Waals surface area (Å²) >= 11 is 0. The number of aliphatic carboxylic acids is 1. The van der Waals surface area contributed by atoms with E-state index in [-0.39, 0.29) is 18.1 Å². The van der Waals surface area contributed by atoms with Gasteiger partial charge in [-0.1, -0.05) is 56.3 Å². The Morgan fingerprint density at radius 1 is 1.08 bits per heavy atom. The average molecular weight is 377 g/mol. The van der Waals surface area contributed by atoms with Crippen molar-refractivity contribution in [3.63, 3.8) is 0 Å². The smallest absolute Gasteiger partial charge is 0.305 e. The van der Waals surface area contributed by atoms with E-state index in [4.69, 9.17) is 0 Å². The fourth-order valence-corrected chi connectivity index (χ4v) is 4.59. The van der Waals surface area contributed by atoms with Crippen LogP contribution in [0.4, 0.5) is 0 Å². The molecule has 2 aromatic carbocycles. The summed E-state index contributed by atoms with van der Waals surface area (Å²) in [7, 11) is -3.54. The van der Waals surface area contributed by atoms with Gasteiger partial charge in [-0.3, -0.25) is 9.59 Å². The highest BCUT2D eigenvalue weighted by atomic mass is 32.2. The summed E-state index contributed by atoms with van der Waals surface area (Å²) in [6.45, 7) is 3.53. The van der Waals surface area contributed by atoms with E-state index in [0.29, 0.717) is 5.56 Å². The van der Waals surface area contributed by atoms with E-state index in [0.717, 1.165) is 10.8 Å². The van der Waals surface area contributed by atoms with Crippen molar-refractivity contribution < 1.29 is 23.1 Å². The van der Waals surface area contributed by atoms with Gasteiger partial charge in [0, 0.05) is 0 Å². The first kappa shape index (κ1) is 19.9. The molecule has 0 unspecified atom stereocenters. The first-order valence-electron chi connectivity index (χ1n) is 8.37. The molecule has 0 fully saturated rings. The highest BCUT2D eigenvalue weighted by Crippen LogP contribution is 2.26. The Balaban J connectivity index is 2.28. The number of amides is 1. The SMILES string of the molecule is CC(C)CS(=O)(=O)CC(=O)N[C@H](CC(=O)O)c1cccc2ccccc12. The Morgan fingerprint density at radius 2 is 1.73 bits per heavy atom. The van der Waals surface area contributed by atoms with E-state index in [2.05, 4.69) is 5.32 Å². The lowest BCUT2D eigenvalue weighted by Gasteiger charge is -2.19. The van der Waals surface area contributed by atoms with E-state index in [1.165, 1.54) is 0 Å². The molecule has 0 radical (unpaired) electrons. The normalized spacial score (nSPS) is 12.9. The monoisotopic (exact) mass is 377 g/mol. The number of nitrogens with one attached hydrogen (secondary N) is 1. The molecule has 6 nitrogen and oxygen atoms in total. The minimum Gasteiger partial charge on any atom is -0.481 e. The summed E-state index contributed by atoms with van der Waals surface area (Å²) in [5.74, 6) is -2.58. The standard InChI is InChI=1S/C19H23NO5S/c1-13(2)11-26(24,25)12-18(21)20-17(10-19(22)23)16-9-5-7-14-6-3-4-8-15(14)16/h3-9,13,17H,10-12H2,1-2H3,(H,20,21)(H,22,23)/t17-/m1/s1. The number of carboxylic acids is 1. The second kappa shape index (κ2) is 8.31. The fourth-order valence-electron chi connectivity index (χ4n) is 2.97. The van der Waals surface area contributed by atoms with E-state index in [1.807, 2.05) is 30.3 Å². The number of hydrogen-bond donors (Lipinski definition) is 2. The second-order valence-electron chi connectivity index (χ2n) is 6.73. The van der Waals surface area contributed by atoms with Crippen molar-refractivity contribution >= 4 is 32.5 Å². The summed E-state index contributed by atoms with van der Waals surface area (Å²) in [5.41, 5.74) is 0.653. The molecule has 0 aliphatic heterocycles. The lowest BCUT2D eigenvalue weighted by atomic mass is 9.96. The fraction of sp³-hybridized carbons (Fsp3) is 0.368. The van der Waals surface area contributed by atoms with Gasteiger partial charge in [-0.25, -0.2) is 8.42 Å². The van der Waals surface area contributed by atoms with Gasteiger partial charge >= 0.3 is 5.97 Å². The summed E-state index contributed by atoms with van der Waals surface area (Å²) < 4.78 is 24.1. The molecule has 0 aromatic heterocycles. The molecule has 0 spiro atoms. The molecule has 0 aliphatic carbocycles. The molecule has 1 amide bonds. The van der Waals surface area contributed by atoms with Crippen molar-refractivity contribution in [1.82, 2.24) is 5.32 Å². The van der Waals surface area contributed by atoms with Gasteiger partial charge in [-0.05, 0) is 22.3 Å². The minimum atomic E-state index is -3.54. The van der Waals surface area contributed by atoms with E-state index in [1.54, 1.807) is 26.0 Å². The second-order valence-corrected chi connectivity index (χ2v) is 8.84. The quantitative estimate of drug-likeness (QED) is 0.736. The maximum Gasteiger partial charge on any atom is 0.305 e. The van der Waals surface area contributed by atoms with Crippen LogP contribution in [-0.2, 0) is 19.4 Å². The van der Waals surface area contributed by atoms with Crippen LogP contribution in [0, 0.1) is 5.92 Å². The highest BCUT2D eigenvalue weighted by molar-refractivity contribution is 7.92. The number of fused-ring (bicyclic) bond motifs is 1. The molecular weight excluding hydrogens is 354 g/mol. The Bertz CT molecular complexity index is 900. The molecule has 2 aromatic rings. The third kappa shape index (κ3) is 5.56. The van der Waals surface area contributed by atoms with Crippen molar-refractivity contribution in [3.05, 3.63) is 48.0 Å². The van der Waals surface area contributed by atoms with E-state index >= 15 is 0 Å². The molecule has 0 heterocycles. The van der Waals surface area contributed by atoms with Crippen molar-refractivity contribution in [1.29, 1.82) is 0 Å². The van der Waals surface area contributed by atoms with Crippen molar-refractivity contribution in [3.8, 4) is 0 Å². The Morgan fingerprint density at radius 3 is 2.38 bits per heavy atom. The first-order chi connectivity index (χ1) is 12.2. The van der Waals surface area contributed by atoms with Crippen LogP contribution in [0.1, 0.15) is 31.9 Å². The summed E-state index contributed by atoms with van der Waals surface area (Å²) in [5, 5.41) is 13.5. The maximum absolute atomic E-state index is 12.3. The predicted octanol–water partition coefficient (Wildman–Crippen LogP) is 2.54. The molecule has 2 rings (SSSR count). The average Bonchev–Trinajstić information content (AvgIpc) is 2.51. The lowest BCUT2D eigenvalue weighted by Crippen LogP contribution is -2.35. The van der Waals surface area contributed by atoms with Gasteiger partial charge in [0.15, 0.2) is 9.84 Å². The van der Waals surface area contributed by atoms with E-state index in [9.17, 15) is 23.1 Å². The number of carboxylic acid groups (broad SMARTS) is 1. The molecule has 7 heteroatoms. The van der Waals surface area contributed by atoms with Crippen molar-refractivity contribution in [2.75, 3.05) is 11.5 Å². The van der Waals surface area contributed by atoms with Crippen LogP contribution in [0.25, 0.3) is 10.8 Å². The van der Waals surface area contributed by atoms with Gasteiger partial charge in [0.05, 0.1) is 18.2 Å². The van der Waals surface area contributed by atoms with Crippen LogP contribution < -0.4 is 5.32 Å². The van der Waals surface area contributed by atoms with Crippen molar-refractivity contribution in [2.24, 2.45) is 5.92 Å². The van der Waals surface area contributed by atoms with Gasteiger partial charge < -0.3 is 10.4 Å². The lowest BCUT2D eigenvalue weighted by molar-refractivity contribution is -0.137. The topological polar surface area (TPSA) is 101 Å². The molecular formula is C19H23NO5S. The number of benzene rings is 2. The van der Waals surface area contributed by atoms with Crippen LogP contribution in [0.2, 0.25) is 0 Å². The van der Waals surface area contributed by atoms with Gasteiger partial charge in [-0.2, -0.15) is 0 Å². The Kier molecular flexibility index (Phi) is 6.37. The number of carbonyl (C=O) groups is 2. The van der Waals surface area contributed by atoms with Crippen LogP contribution in [0.5, 0.6) is 0 Å². The van der Waals surface area contributed by atoms with E-state index < -0.39 is 33.5 Å². The molecule has 0 saturated carbocycles. The Hall–Kier alpha value is -2.41. The molecule has 0 bridgehead atoms. The molecule has 26 heavy (non-hydrogen) atoms. The molecule has 0 saturated heterocycles. The minimum absolute atomic E-state index is 0.0827. The number of sulfone groups is 1. The largest absolute Gasteiger partial charge is 0.481 e. The zero-order valence-electron chi connectivity index (χ0n) is 14.8. The van der Waals surface area contributed by atoms with Crippen LogP contribution >= 0.6 is 0 Å². The van der Waals surface area contributed by atoms with Crippen LogP contribution in [0.3, 0.4) is 0 Å². The number of rotatable bonds is 8. The van der Waals surface area contributed by atoms with Gasteiger partial charge in [0.25, 0.3) is 0 Å². The zero-order chi connectivity index (χ0) is 19.3. The van der Waals surface area contributed by atoms with Gasteiger partial charge in [-0.15, -0.1) is 0 Å². The van der Waals surface area contributed by atoms with Gasteiger partial charge in [0.2, 0.25) is 5.91 Å². The summed E-state index contributed by atoms with van der Waals surface area (Å²) in [4.78, 5) is 23.5. The van der Waals surface area contributed by atoms with Crippen molar-refractivity contribution in [2.45, 2.75) is 26.3 Å². The predicted molar refractivity (Wildman–Crippen MR) is 101 cm³/mol.